The summed E-state index contributed by atoms with van der Waals surface area (Å²) >= 11 is 6.59. The Labute approximate surface area is 191 Å². The summed E-state index contributed by atoms with van der Waals surface area (Å²) in [7, 11) is 0. The molecule has 2 fully saturated rings. The van der Waals surface area contributed by atoms with E-state index in [0.29, 0.717) is 12.8 Å². The number of aliphatic carboxylic acids is 1. The van der Waals surface area contributed by atoms with Gasteiger partial charge in [-0.1, -0.05) is 56.2 Å². The van der Waals surface area contributed by atoms with Crippen LogP contribution in [0.3, 0.4) is 0 Å². The molecule has 2 aliphatic carbocycles. The molecule has 3 rings (SSSR count). The molecule has 1 aromatic carbocycles. The number of carboxylic acids is 1. The van der Waals surface area contributed by atoms with Crippen LogP contribution in [-0.2, 0) is 4.79 Å². The summed E-state index contributed by atoms with van der Waals surface area (Å²) in [6.45, 7) is 2.18. The van der Waals surface area contributed by atoms with Crippen LogP contribution in [0, 0.1) is 11.3 Å². The SMILES string of the molecule is CCCC1(C(O)c2ccc([C@@H]3[C@@H](C/C=C\CCCC(=O)O)[C@H](Cl)C[C@H]3O)cc2)CCC1. The lowest BCUT2D eigenvalue weighted by Crippen LogP contribution is -2.36. The van der Waals surface area contributed by atoms with Gasteiger partial charge in [-0.3, -0.25) is 4.79 Å². The second-order valence-electron chi connectivity index (χ2n) is 9.54. The number of hydrogen-bond donors (Lipinski definition) is 3. The van der Waals surface area contributed by atoms with Crippen LogP contribution < -0.4 is 0 Å². The van der Waals surface area contributed by atoms with Crippen LogP contribution in [0.4, 0.5) is 0 Å². The average molecular weight is 449 g/mol. The van der Waals surface area contributed by atoms with Gasteiger partial charge in [-0.05, 0) is 62.0 Å². The van der Waals surface area contributed by atoms with Crippen LogP contribution in [0.15, 0.2) is 36.4 Å². The fraction of sp³-hybridized carbons (Fsp3) is 0.654. The highest BCUT2D eigenvalue weighted by atomic mass is 35.5. The highest BCUT2D eigenvalue weighted by Gasteiger charge is 2.44. The quantitative estimate of drug-likeness (QED) is 0.221. The van der Waals surface area contributed by atoms with Crippen molar-refractivity contribution in [2.45, 2.75) is 94.6 Å². The summed E-state index contributed by atoms with van der Waals surface area (Å²) in [5.74, 6) is -0.647. The summed E-state index contributed by atoms with van der Waals surface area (Å²) in [6.07, 6.45) is 11.7. The number of aliphatic hydroxyl groups is 2. The van der Waals surface area contributed by atoms with Gasteiger partial charge in [0.05, 0.1) is 12.2 Å². The Hall–Kier alpha value is -1.36. The number of allylic oxidation sites excluding steroid dienone is 2. The van der Waals surface area contributed by atoms with Gasteiger partial charge in [-0.2, -0.15) is 0 Å². The van der Waals surface area contributed by atoms with E-state index in [9.17, 15) is 15.0 Å². The van der Waals surface area contributed by atoms with Crippen LogP contribution in [0.1, 0.15) is 94.3 Å². The minimum Gasteiger partial charge on any atom is -0.481 e. The minimum absolute atomic E-state index is 0.0225. The third-order valence-corrected chi connectivity index (χ3v) is 7.96. The van der Waals surface area contributed by atoms with Gasteiger partial charge in [0, 0.05) is 23.1 Å². The van der Waals surface area contributed by atoms with Gasteiger partial charge >= 0.3 is 5.97 Å². The van der Waals surface area contributed by atoms with Crippen LogP contribution in [0.25, 0.3) is 0 Å². The van der Waals surface area contributed by atoms with Crippen molar-refractivity contribution >= 4 is 17.6 Å². The maximum Gasteiger partial charge on any atom is 0.303 e. The summed E-state index contributed by atoms with van der Waals surface area (Å²) in [6, 6.07) is 8.18. The zero-order valence-electron chi connectivity index (χ0n) is 18.5. The van der Waals surface area contributed by atoms with Crippen LogP contribution >= 0.6 is 11.6 Å². The fourth-order valence-electron chi connectivity index (χ4n) is 5.61. The standard InChI is InChI=1S/C26H37ClO4/c1-2-14-26(15-7-16-26)25(31)19-12-10-18(11-13-19)24-20(21(27)17-22(24)28)8-5-3-4-6-9-23(29)30/h3,5,10-13,20-22,24-25,28,31H,2,4,6-9,14-17H2,1H3,(H,29,30)/b5-3-/t20-,21+,22+,24+,25?/m0/s1. The van der Waals surface area contributed by atoms with E-state index in [1.165, 1.54) is 6.42 Å². The first-order valence-corrected chi connectivity index (χ1v) is 12.3. The zero-order valence-corrected chi connectivity index (χ0v) is 19.3. The molecular formula is C26H37ClO4. The molecule has 2 aliphatic rings. The predicted octanol–water partition coefficient (Wildman–Crippen LogP) is 5.96. The zero-order chi connectivity index (χ0) is 22.4. The Kier molecular flexibility index (Phi) is 8.60. The van der Waals surface area contributed by atoms with E-state index < -0.39 is 18.2 Å². The Balaban J connectivity index is 1.65. The molecule has 0 aromatic heterocycles. The maximum absolute atomic E-state index is 11.0. The first kappa shape index (κ1) is 24.3. The van der Waals surface area contributed by atoms with Crippen LogP contribution in [-0.4, -0.2) is 32.8 Å². The molecule has 0 radical (unpaired) electrons. The third-order valence-electron chi connectivity index (χ3n) is 7.46. The van der Waals surface area contributed by atoms with Crippen molar-refractivity contribution in [1.82, 2.24) is 0 Å². The monoisotopic (exact) mass is 448 g/mol. The largest absolute Gasteiger partial charge is 0.481 e. The number of hydrogen-bond acceptors (Lipinski definition) is 3. The van der Waals surface area contributed by atoms with Gasteiger partial charge in [0.1, 0.15) is 0 Å². The highest BCUT2D eigenvalue weighted by molar-refractivity contribution is 6.21. The molecule has 172 valence electrons. The fourth-order valence-corrected chi connectivity index (χ4v) is 6.05. The van der Waals surface area contributed by atoms with E-state index in [1.54, 1.807) is 0 Å². The van der Waals surface area contributed by atoms with E-state index in [0.717, 1.165) is 49.7 Å². The molecule has 1 unspecified atom stereocenters. The van der Waals surface area contributed by atoms with Crippen molar-refractivity contribution in [2.24, 2.45) is 11.3 Å². The molecule has 4 nitrogen and oxygen atoms in total. The number of unbranched alkanes of at least 4 members (excludes halogenated alkanes) is 1. The van der Waals surface area contributed by atoms with Crippen LogP contribution in [0.2, 0.25) is 0 Å². The van der Waals surface area contributed by atoms with Crippen molar-refractivity contribution in [3.63, 3.8) is 0 Å². The molecule has 0 amide bonds. The van der Waals surface area contributed by atoms with Gasteiger partial charge in [-0.25, -0.2) is 0 Å². The Bertz CT molecular complexity index is 740. The summed E-state index contributed by atoms with van der Waals surface area (Å²) in [5, 5.41) is 30.4. The van der Waals surface area contributed by atoms with E-state index in [4.69, 9.17) is 16.7 Å². The third kappa shape index (κ3) is 5.71. The number of carboxylic acid groups (broad SMARTS) is 1. The second kappa shape index (κ2) is 11.0. The van der Waals surface area contributed by atoms with Crippen molar-refractivity contribution in [2.75, 3.05) is 0 Å². The Morgan fingerprint density at radius 3 is 2.55 bits per heavy atom. The number of halogens is 1. The number of carbonyl (C=O) groups is 1. The van der Waals surface area contributed by atoms with Gasteiger partial charge in [0.25, 0.3) is 0 Å². The molecule has 0 bridgehead atoms. The van der Waals surface area contributed by atoms with E-state index in [-0.39, 0.29) is 29.0 Å². The lowest BCUT2D eigenvalue weighted by atomic mass is 9.61. The molecular weight excluding hydrogens is 412 g/mol. The second-order valence-corrected chi connectivity index (χ2v) is 10.1. The van der Waals surface area contributed by atoms with E-state index in [1.807, 2.05) is 18.2 Å². The molecule has 5 heteroatoms. The Morgan fingerprint density at radius 1 is 1.26 bits per heavy atom. The number of rotatable bonds is 11. The molecule has 0 aliphatic heterocycles. The van der Waals surface area contributed by atoms with Gasteiger partial charge < -0.3 is 15.3 Å². The molecule has 31 heavy (non-hydrogen) atoms. The number of aliphatic hydroxyl groups excluding tert-OH is 2. The first-order chi connectivity index (χ1) is 14.9. The smallest absolute Gasteiger partial charge is 0.303 e. The van der Waals surface area contributed by atoms with E-state index in [2.05, 4.69) is 25.1 Å². The Morgan fingerprint density at radius 2 is 1.97 bits per heavy atom. The normalized spacial score (nSPS) is 28.5. The van der Waals surface area contributed by atoms with Crippen LogP contribution in [0.5, 0.6) is 0 Å². The minimum atomic E-state index is -0.764. The van der Waals surface area contributed by atoms with Crippen molar-refractivity contribution in [3.05, 3.63) is 47.5 Å². The predicted molar refractivity (Wildman–Crippen MR) is 124 cm³/mol. The molecule has 0 saturated heterocycles. The lowest BCUT2D eigenvalue weighted by Gasteiger charge is -2.46. The van der Waals surface area contributed by atoms with Gasteiger partial charge in [0.15, 0.2) is 0 Å². The summed E-state index contributed by atoms with van der Waals surface area (Å²) < 4.78 is 0. The van der Waals surface area contributed by atoms with Gasteiger partial charge in [-0.15, -0.1) is 11.6 Å². The molecule has 2 saturated carbocycles. The highest BCUT2D eigenvalue weighted by Crippen LogP contribution is 2.53. The molecule has 0 spiro atoms. The van der Waals surface area contributed by atoms with Crippen molar-refractivity contribution in [1.29, 1.82) is 0 Å². The summed E-state index contributed by atoms with van der Waals surface area (Å²) in [5.41, 5.74) is 2.09. The van der Waals surface area contributed by atoms with Crippen molar-refractivity contribution in [3.8, 4) is 0 Å². The molecule has 0 heterocycles. The van der Waals surface area contributed by atoms with E-state index >= 15 is 0 Å². The number of benzene rings is 1. The summed E-state index contributed by atoms with van der Waals surface area (Å²) in [4.78, 5) is 10.6. The molecule has 1 aromatic rings. The van der Waals surface area contributed by atoms with Crippen molar-refractivity contribution < 1.29 is 20.1 Å². The number of alkyl halides is 1. The van der Waals surface area contributed by atoms with Gasteiger partial charge in [0.2, 0.25) is 0 Å². The topological polar surface area (TPSA) is 77.8 Å². The maximum atomic E-state index is 11.0. The average Bonchev–Trinajstić information content (AvgIpc) is 2.99. The lowest BCUT2D eigenvalue weighted by molar-refractivity contribution is -0.137. The first-order valence-electron chi connectivity index (χ1n) is 11.8. The molecule has 5 atom stereocenters. The molecule has 3 N–H and O–H groups in total.